The minimum atomic E-state index is -5.08. The van der Waals surface area contributed by atoms with Crippen molar-refractivity contribution in [2.75, 3.05) is 6.61 Å². The summed E-state index contributed by atoms with van der Waals surface area (Å²) < 4.78 is 39.5. The molecule has 0 spiro atoms. The Morgan fingerprint density at radius 1 is 1.28 bits per heavy atom. The van der Waals surface area contributed by atoms with E-state index in [9.17, 15) is 13.2 Å². The molecule has 7 nitrogen and oxygen atoms in total. The average molecular weight is 446 g/mol. The Kier molecular flexibility index (Phi) is 7.26. The van der Waals surface area contributed by atoms with Crippen LogP contribution >= 0.6 is 0 Å². The second kappa shape index (κ2) is 10.1. The molecule has 3 heterocycles. The van der Waals surface area contributed by atoms with Crippen molar-refractivity contribution >= 4 is 12.0 Å². The Balaban J connectivity index is 0.000000360. The first-order valence-corrected chi connectivity index (χ1v) is 9.63. The number of pyridine rings is 1. The maximum Gasteiger partial charge on any atom is 0.490 e. The molecule has 10 heteroatoms. The maximum atomic E-state index is 10.6. The van der Waals surface area contributed by atoms with Crippen molar-refractivity contribution in [3.8, 4) is 11.6 Å². The number of hydrogen-bond donors (Lipinski definition) is 2. The molecule has 0 aliphatic carbocycles. The predicted molar refractivity (Wildman–Crippen MR) is 111 cm³/mol. The highest BCUT2D eigenvalue weighted by atomic mass is 19.4. The minimum absolute atomic E-state index is 0.238. The van der Waals surface area contributed by atoms with E-state index in [-0.39, 0.29) is 6.04 Å². The number of aliphatic carboxylic acids is 1. The highest BCUT2D eigenvalue weighted by Crippen LogP contribution is 2.26. The molecule has 2 aromatic heterocycles. The van der Waals surface area contributed by atoms with Crippen molar-refractivity contribution in [2.45, 2.75) is 25.7 Å². The molecule has 1 aromatic carbocycles. The topological polar surface area (TPSA) is 89.3 Å². The predicted octanol–water partition coefficient (Wildman–Crippen LogP) is 3.85. The number of fused-ring (bicyclic) bond motifs is 1. The summed E-state index contributed by atoms with van der Waals surface area (Å²) in [5.74, 6) is -0.931. The number of imidazole rings is 1. The molecular formula is C22H21F3N4O3. The number of halogens is 3. The van der Waals surface area contributed by atoms with Crippen LogP contribution in [0.1, 0.15) is 18.1 Å². The Morgan fingerprint density at radius 2 is 2.03 bits per heavy atom. The van der Waals surface area contributed by atoms with Crippen LogP contribution in [0, 0.1) is 0 Å². The summed E-state index contributed by atoms with van der Waals surface area (Å²) in [6.07, 6.45) is 4.41. The molecule has 2 N–H and O–H groups in total. The second-order valence-electron chi connectivity index (χ2n) is 6.95. The van der Waals surface area contributed by atoms with Crippen molar-refractivity contribution in [2.24, 2.45) is 0 Å². The fraction of sp³-hybridized carbons (Fsp3) is 0.227. The van der Waals surface area contributed by atoms with Crippen LogP contribution in [0.3, 0.4) is 0 Å². The number of carbonyl (C=O) groups is 1. The highest BCUT2D eigenvalue weighted by molar-refractivity contribution is 5.73. The molecule has 32 heavy (non-hydrogen) atoms. The van der Waals surface area contributed by atoms with Crippen molar-refractivity contribution in [3.63, 3.8) is 0 Å². The number of alkyl halides is 3. The molecule has 0 saturated heterocycles. The SMILES string of the molecule is CC(NCc1ccc(-n2ccnc2)nc1)C1=Cc2ccccc2OC1.O=C(O)C(F)(F)F. The van der Waals surface area contributed by atoms with Gasteiger partial charge in [0.1, 0.15) is 24.5 Å². The van der Waals surface area contributed by atoms with Gasteiger partial charge >= 0.3 is 12.1 Å². The van der Waals surface area contributed by atoms with Gasteiger partial charge < -0.3 is 15.2 Å². The molecule has 1 atom stereocenters. The van der Waals surface area contributed by atoms with Crippen LogP contribution in [-0.4, -0.2) is 44.4 Å². The van der Waals surface area contributed by atoms with E-state index in [0.717, 1.165) is 29.2 Å². The van der Waals surface area contributed by atoms with E-state index >= 15 is 0 Å². The van der Waals surface area contributed by atoms with Crippen LogP contribution < -0.4 is 10.1 Å². The number of benzene rings is 1. The summed E-state index contributed by atoms with van der Waals surface area (Å²) in [7, 11) is 0. The molecular weight excluding hydrogens is 425 g/mol. The second-order valence-corrected chi connectivity index (χ2v) is 6.95. The summed E-state index contributed by atoms with van der Waals surface area (Å²) >= 11 is 0. The smallest absolute Gasteiger partial charge is 0.489 e. The number of aromatic nitrogens is 3. The monoisotopic (exact) mass is 446 g/mol. The van der Waals surface area contributed by atoms with Gasteiger partial charge in [-0.2, -0.15) is 13.2 Å². The van der Waals surface area contributed by atoms with E-state index in [1.807, 2.05) is 41.2 Å². The van der Waals surface area contributed by atoms with Crippen molar-refractivity contribution in [3.05, 3.63) is 78.0 Å². The van der Waals surface area contributed by atoms with Crippen molar-refractivity contribution < 1.29 is 27.8 Å². The molecule has 1 aliphatic rings. The lowest BCUT2D eigenvalue weighted by Gasteiger charge is -2.23. The molecule has 168 valence electrons. The zero-order valence-electron chi connectivity index (χ0n) is 17.1. The zero-order valence-corrected chi connectivity index (χ0v) is 17.1. The Labute approximate surface area is 182 Å². The van der Waals surface area contributed by atoms with Gasteiger partial charge in [-0.25, -0.2) is 14.8 Å². The van der Waals surface area contributed by atoms with E-state index < -0.39 is 12.1 Å². The Morgan fingerprint density at radius 3 is 2.66 bits per heavy atom. The minimum Gasteiger partial charge on any atom is -0.489 e. The van der Waals surface area contributed by atoms with E-state index in [4.69, 9.17) is 14.6 Å². The Bertz CT molecular complexity index is 1060. The van der Waals surface area contributed by atoms with E-state index in [0.29, 0.717) is 6.61 Å². The quantitative estimate of drug-likeness (QED) is 0.619. The van der Waals surface area contributed by atoms with E-state index in [2.05, 4.69) is 40.4 Å². The fourth-order valence-corrected chi connectivity index (χ4v) is 2.85. The average Bonchev–Trinajstić information content (AvgIpc) is 3.32. The maximum absolute atomic E-state index is 10.6. The summed E-state index contributed by atoms with van der Waals surface area (Å²) in [4.78, 5) is 17.4. The number of nitrogens with zero attached hydrogens (tertiary/aromatic N) is 3. The van der Waals surface area contributed by atoms with Crippen LogP contribution in [0.2, 0.25) is 0 Å². The van der Waals surface area contributed by atoms with Crippen molar-refractivity contribution in [1.29, 1.82) is 0 Å². The first-order chi connectivity index (χ1) is 15.2. The van der Waals surface area contributed by atoms with Gasteiger partial charge in [0.2, 0.25) is 0 Å². The van der Waals surface area contributed by atoms with Crippen molar-refractivity contribution in [1.82, 2.24) is 19.9 Å². The molecule has 0 amide bonds. The highest BCUT2D eigenvalue weighted by Gasteiger charge is 2.38. The van der Waals surface area contributed by atoms with Crippen LogP contribution in [0.25, 0.3) is 11.9 Å². The van der Waals surface area contributed by atoms with Gasteiger partial charge in [0.05, 0.1) is 0 Å². The summed E-state index contributed by atoms with van der Waals surface area (Å²) in [6, 6.07) is 12.5. The molecule has 3 aromatic rings. The molecule has 1 aliphatic heterocycles. The van der Waals surface area contributed by atoms with E-state index in [1.54, 1.807) is 12.5 Å². The third-order valence-electron chi connectivity index (χ3n) is 4.64. The number of nitrogens with one attached hydrogen (secondary N) is 1. The first-order valence-electron chi connectivity index (χ1n) is 9.63. The van der Waals surface area contributed by atoms with Gasteiger partial charge in [0, 0.05) is 36.7 Å². The molecule has 0 radical (unpaired) electrons. The van der Waals surface area contributed by atoms with Gasteiger partial charge in [-0.3, -0.25) is 4.57 Å². The lowest BCUT2D eigenvalue weighted by molar-refractivity contribution is -0.192. The van der Waals surface area contributed by atoms with Gasteiger partial charge in [0.25, 0.3) is 0 Å². The number of carboxylic acids is 1. The molecule has 1 unspecified atom stereocenters. The molecule has 0 bridgehead atoms. The van der Waals surface area contributed by atoms with Crippen LogP contribution in [0.15, 0.2) is 66.9 Å². The lowest BCUT2D eigenvalue weighted by atomic mass is 10.0. The molecule has 4 rings (SSSR count). The summed E-state index contributed by atoms with van der Waals surface area (Å²) in [5.41, 5.74) is 3.54. The number of hydrogen-bond acceptors (Lipinski definition) is 5. The van der Waals surface area contributed by atoms with Gasteiger partial charge in [-0.05, 0) is 36.3 Å². The third-order valence-corrected chi connectivity index (χ3v) is 4.64. The van der Waals surface area contributed by atoms with Gasteiger partial charge in [0.15, 0.2) is 0 Å². The van der Waals surface area contributed by atoms with Crippen LogP contribution in [0.4, 0.5) is 13.2 Å². The summed E-state index contributed by atoms with van der Waals surface area (Å²) in [5, 5.41) is 10.7. The van der Waals surface area contributed by atoms with E-state index in [1.165, 1.54) is 5.57 Å². The number of carboxylic acid groups (broad SMARTS) is 1. The van der Waals surface area contributed by atoms with Crippen LogP contribution in [0.5, 0.6) is 5.75 Å². The fourth-order valence-electron chi connectivity index (χ4n) is 2.85. The Hall–Kier alpha value is -3.66. The largest absolute Gasteiger partial charge is 0.490 e. The first kappa shape index (κ1) is 23.0. The summed E-state index contributed by atoms with van der Waals surface area (Å²) in [6.45, 7) is 3.55. The normalized spacial score (nSPS) is 13.7. The van der Waals surface area contributed by atoms with Crippen LogP contribution in [-0.2, 0) is 11.3 Å². The number of ether oxygens (including phenoxy) is 1. The molecule has 0 fully saturated rings. The zero-order chi connectivity index (χ0) is 23.1. The third kappa shape index (κ3) is 6.17. The van der Waals surface area contributed by atoms with Gasteiger partial charge in [-0.1, -0.05) is 24.3 Å². The lowest BCUT2D eigenvalue weighted by Crippen LogP contribution is -2.30. The molecule has 0 saturated carbocycles. The van der Waals surface area contributed by atoms with Gasteiger partial charge in [-0.15, -0.1) is 0 Å². The standard InChI is InChI=1S/C20H20N4O.C2HF3O2/c1-15(18-10-17-4-2-3-5-19(17)25-13-18)22-11-16-6-7-20(23-12-16)24-9-8-21-14-24;3-2(4,5)1(6)7/h2-10,12,14-15,22H,11,13H2,1H3;(H,6,7). The number of para-hydroxylation sites is 1. The number of rotatable bonds is 5.